The van der Waals surface area contributed by atoms with E-state index in [9.17, 15) is 9.65 Å². The summed E-state index contributed by atoms with van der Waals surface area (Å²) in [7, 11) is 0. The van der Waals surface area contributed by atoms with Crippen LogP contribution >= 0.6 is 11.6 Å². The highest BCUT2D eigenvalue weighted by molar-refractivity contribution is 6.31. The Kier molecular flexibility index (Phi) is 5.59. The van der Waals surface area contributed by atoms with E-state index in [4.69, 9.17) is 16.3 Å². The number of nitrogens with zero attached hydrogens (tertiary/aromatic N) is 1. The third-order valence-corrected chi connectivity index (χ3v) is 3.51. The molecule has 1 atom stereocenters. The number of hydrogen-bond donors (Lipinski definition) is 0. The highest BCUT2D eigenvalue weighted by atomic mass is 35.5. The van der Waals surface area contributed by atoms with E-state index in [1.54, 1.807) is 24.3 Å². The Hall–Kier alpha value is -2.05. The zero-order chi connectivity index (χ0) is 15.1. The summed E-state index contributed by atoms with van der Waals surface area (Å²) < 4.78 is 18.7. The molecule has 0 aromatic heterocycles. The van der Waals surface area contributed by atoms with E-state index < -0.39 is 0 Å². The van der Waals surface area contributed by atoms with Crippen molar-refractivity contribution >= 4 is 11.6 Å². The molecule has 0 N–H and O–H groups in total. The second-order valence-electron chi connectivity index (χ2n) is 4.62. The van der Waals surface area contributed by atoms with Crippen LogP contribution in [0.2, 0.25) is 5.02 Å². The number of nitriles is 1. The summed E-state index contributed by atoms with van der Waals surface area (Å²) in [4.78, 5) is 0. The molecule has 0 aliphatic heterocycles. The molecule has 0 aliphatic carbocycles. The van der Waals surface area contributed by atoms with Crippen LogP contribution in [0.3, 0.4) is 0 Å². The van der Waals surface area contributed by atoms with Gasteiger partial charge in [0.1, 0.15) is 0 Å². The van der Waals surface area contributed by atoms with Crippen molar-refractivity contribution < 1.29 is 9.13 Å². The maximum Gasteiger partial charge on any atom is 0.165 e. The summed E-state index contributed by atoms with van der Waals surface area (Å²) in [6, 6.07) is 15.9. The van der Waals surface area contributed by atoms with Crippen LogP contribution < -0.4 is 4.74 Å². The summed E-state index contributed by atoms with van der Waals surface area (Å²) in [5, 5.41) is 9.85. The average Bonchev–Trinajstić information content (AvgIpc) is 2.50. The molecule has 2 nitrogen and oxygen atoms in total. The minimum Gasteiger partial charge on any atom is -0.491 e. The standard InChI is InChI=1S/C17H15ClFNO/c18-15-8-2-1-7-14(15)13(12-20)6-5-11-21-17-10-4-3-9-16(17)19/h1-4,7-10,13H,5-6,11H2. The van der Waals surface area contributed by atoms with Crippen molar-refractivity contribution in [2.75, 3.05) is 6.61 Å². The fourth-order valence-electron chi connectivity index (χ4n) is 2.08. The minimum absolute atomic E-state index is 0.240. The molecule has 0 fully saturated rings. The predicted octanol–water partition coefficient (Wildman–Crippen LogP) is 4.95. The molecule has 4 heteroatoms. The zero-order valence-electron chi connectivity index (χ0n) is 11.4. The monoisotopic (exact) mass is 303 g/mol. The van der Waals surface area contributed by atoms with Crippen LogP contribution in [0.5, 0.6) is 5.75 Å². The summed E-state index contributed by atoms with van der Waals surface area (Å²) in [5.74, 6) is -0.410. The van der Waals surface area contributed by atoms with E-state index in [1.165, 1.54) is 6.07 Å². The Morgan fingerprint density at radius 2 is 1.86 bits per heavy atom. The summed E-state index contributed by atoms with van der Waals surface area (Å²) in [6.45, 7) is 0.365. The van der Waals surface area contributed by atoms with Gasteiger partial charge in [-0.15, -0.1) is 0 Å². The van der Waals surface area contributed by atoms with E-state index >= 15 is 0 Å². The fourth-order valence-corrected chi connectivity index (χ4v) is 2.35. The number of hydrogen-bond acceptors (Lipinski definition) is 2. The first-order chi connectivity index (χ1) is 10.2. The lowest BCUT2D eigenvalue weighted by Gasteiger charge is -2.12. The van der Waals surface area contributed by atoms with E-state index in [0.29, 0.717) is 24.5 Å². The number of ether oxygens (including phenoxy) is 1. The van der Waals surface area contributed by atoms with Gasteiger partial charge in [0.2, 0.25) is 0 Å². The van der Waals surface area contributed by atoms with Crippen LogP contribution in [-0.4, -0.2) is 6.61 Å². The first-order valence-electron chi connectivity index (χ1n) is 6.73. The molecule has 0 spiro atoms. The Bertz CT molecular complexity index is 639. The van der Waals surface area contributed by atoms with E-state index in [1.807, 2.05) is 18.2 Å². The van der Waals surface area contributed by atoms with Gasteiger partial charge in [-0.3, -0.25) is 0 Å². The predicted molar refractivity (Wildman–Crippen MR) is 80.9 cm³/mol. The molecule has 0 saturated carbocycles. The smallest absolute Gasteiger partial charge is 0.165 e. The molecule has 0 heterocycles. The van der Waals surface area contributed by atoms with Crippen molar-refractivity contribution in [3.05, 3.63) is 64.9 Å². The average molecular weight is 304 g/mol. The maximum atomic E-state index is 13.4. The number of rotatable bonds is 6. The first-order valence-corrected chi connectivity index (χ1v) is 7.11. The van der Waals surface area contributed by atoms with E-state index in [2.05, 4.69) is 6.07 Å². The molecule has 0 radical (unpaired) electrons. The Balaban J connectivity index is 1.86. The molecule has 2 rings (SSSR count). The van der Waals surface area contributed by atoms with Crippen LogP contribution in [0, 0.1) is 17.1 Å². The Morgan fingerprint density at radius 3 is 2.57 bits per heavy atom. The Labute approximate surface area is 128 Å². The van der Waals surface area contributed by atoms with Gasteiger partial charge >= 0.3 is 0 Å². The van der Waals surface area contributed by atoms with Gasteiger partial charge in [-0.2, -0.15) is 5.26 Å². The minimum atomic E-state index is -0.375. The van der Waals surface area contributed by atoms with Gasteiger partial charge in [0.15, 0.2) is 11.6 Å². The number of benzene rings is 2. The second-order valence-corrected chi connectivity index (χ2v) is 5.03. The van der Waals surface area contributed by atoms with Crippen LogP contribution in [0.25, 0.3) is 0 Å². The molecule has 0 bridgehead atoms. The molecular weight excluding hydrogens is 289 g/mol. The molecule has 0 amide bonds. The van der Waals surface area contributed by atoms with Crippen molar-refractivity contribution in [3.8, 4) is 11.8 Å². The molecule has 21 heavy (non-hydrogen) atoms. The van der Waals surface area contributed by atoms with E-state index in [-0.39, 0.29) is 17.5 Å². The lowest BCUT2D eigenvalue weighted by Crippen LogP contribution is -2.03. The highest BCUT2D eigenvalue weighted by Gasteiger charge is 2.13. The van der Waals surface area contributed by atoms with Gasteiger partial charge in [-0.05, 0) is 36.6 Å². The Morgan fingerprint density at radius 1 is 1.14 bits per heavy atom. The van der Waals surface area contributed by atoms with Crippen LogP contribution in [0.4, 0.5) is 4.39 Å². The summed E-state index contributed by atoms with van der Waals surface area (Å²) in [6.07, 6.45) is 1.27. The summed E-state index contributed by atoms with van der Waals surface area (Å²) >= 11 is 6.10. The largest absolute Gasteiger partial charge is 0.491 e. The van der Waals surface area contributed by atoms with Gasteiger partial charge in [-0.1, -0.05) is 41.9 Å². The fraction of sp³-hybridized carbons (Fsp3) is 0.235. The van der Waals surface area contributed by atoms with Crippen LogP contribution in [0.1, 0.15) is 24.3 Å². The lowest BCUT2D eigenvalue weighted by atomic mass is 9.96. The maximum absolute atomic E-state index is 13.4. The first kappa shape index (κ1) is 15.3. The second kappa shape index (κ2) is 7.66. The van der Waals surface area contributed by atoms with Crippen molar-refractivity contribution in [1.29, 1.82) is 5.26 Å². The third-order valence-electron chi connectivity index (χ3n) is 3.17. The quantitative estimate of drug-likeness (QED) is 0.708. The highest BCUT2D eigenvalue weighted by Crippen LogP contribution is 2.27. The van der Waals surface area contributed by atoms with Crippen molar-refractivity contribution in [3.63, 3.8) is 0 Å². The van der Waals surface area contributed by atoms with Crippen molar-refractivity contribution in [2.45, 2.75) is 18.8 Å². The third kappa shape index (κ3) is 4.21. The topological polar surface area (TPSA) is 33.0 Å². The summed E-state index contributed by atoms with van der Waals surface area (Å²) in [5.41, 5.74) is 0.826. The molecule has 108 valence electrons. The van der Waals surface area contributed by atoms with Gasteiger partial charge in [0.25, 0.3) is 0 Å². The van der Waals surface area contributed by atoms with Crippen molar-refractivity contribution in [1.82, 2.24) is 0 Å². The zero-order valence-corrected chi connectivity index (χ0v) is 12.2. The molecule has 2 aromatic rings. The number of halogens is 2. The molecule has 1 unspecified atom stereocenters. The van der Waals surface area contributed by atoms with Crippen molar-refractivity contribution in [2.24, 2.45) is 0 Å². The SMILES string of the molecule is N#CC(CCCOc1ccccc1F)c1ccccc1Cl. The van der Waals surface area contributed by atoms with Crippen LogP contribution in [0.15, 0.2) is 48.5 Å². The van der Waals surface area contributed by atoms with E-state index in [0.717, 1.165) is 5.56 Å². The molecule has 0 saturated heterocycles. The molecular formula is C17H15ClFNO. The van der Waals surface area contributed by atoms with Gasteiger partial charge < -0.3 is 4.74 Å². The molecule has 0 aliphatic rings. The lowest BCUT2D eigenvalue weighted by molar-refractivity contribution is 0.290. The van der Waals surface area contributed by atoms with Gasteiger partial charge in [0.05, 0.1) is 18.6 Å². The number of para-hydroxylation sites is 1. The van der Waals surface area contributed by atoms with Gasteiger partial charge in [0, 0.05) is 5.02 Å². The normalized spacial score (nSPS) is 11.7. The van der Waals surface area contributed by atoms with Crippen LogP contribution in [-0.2, 0) is 0 Å². The van der Waals surface area contributed by atoms with Gasteiger partial charge in [-0.25, -0.2) is 4.39 Å². The molecule has 2 aromatic carbocycles.